The van der Waals surface area contributed by atoms with Crippen LogP contribution in [0.25, 0.3) is 0 Å². The van der Waals surface area contributed by atoms with Crippen molar-refractivity contribution in [1.29, 1.82) is 0 Å². The highest BCUT2D eigenvalue weighted by molar-refractivity contribution is 5.85. The van der Waals surface area contributed by atoms with Gasteiger partial charge in [0.25, 0.3) is 0 Å². The van der Waals surface area contributed by atoms with Crippen LogP contribution >= 0.6 is 0 Å². The summed E-state index contributed by atoms with van der Waals surface area (Å²) in [5.41, 5.74) is 2.24. The third-order valence-corrected chi connectivity index (χ3v) is 5.54. The van der Waals surface area contributed by atoms with Crippen LogP contribution in [0.1, 0.15) is 30.4 Å². The molecule has 5 nitrogen and oxygen atoms in total. The zero-order chi connectivity index (χ0) is 17.1. The zero-order valence-corrected chi connectivity index (χ0v) is 14.5. The summed E-state index contributed by atoms with van der Waals surface area (Å²) in [6.45, 7) is 4.42. The van der Waals surface area contributed by atoms with Gasteiger partial charge in [0.05, 0.1) is 5.41 Å². The van der Waals surface area contributed by atoms with Crippen LogP contribution in [0.3, 0.4) is 0 Å². The lowest BCUT2D eigenvalue weighted by Gasteiger charge is -2.39. The highest BCUT2D eigenvalue weighted by atomic mass is 16.2. The van der Waals surface area contributed by atoms with Crippen LogP contribution in [0.4, 0.5) is 0 Å². The van der Waals surface area contributed by atoms with Gasteiger partial charge in [-0.25, -0.2) is 0 Å². The number of hydrogen-bond acceptors (Lipinski definition) is 4. The van der Waals surface area contributed by atoms with E-state index in [1.807, 2.05) is 29.4 Å². The summed E-state index contributed by atoms with van der Waals surface area (Å²) in [4.78, 5) is 25.8. The second-order valence-corrected chi connectivity index (χ2v) is 7.28. The number of rotatable bonds is 4. The van der Waals surface area contributed by atoms with Crippen molar-refractivity contribution in [3.63, 3.8) is 0 Å². The van der Waals surface area contributed by atoms with E-state index in [2.05, 4.69) is 27.0 Å². The smallest absolute Gasteiger partial charge is 0.230 e. The zero-order valence-electron chi connectivity index (χ0n) is 14.5. The van der Waals surface area contributed by atoms with Gasteiger partial charge < -0.3 is 4.90 Å². The molecule has 1 spiro atoms. The molecule has 2 aliphatic rings. The molecular weight excluding hydrogens is 312 g/mol. The maximum absolute atomic E-state index is 13.2. The van der Waals surface area contributed by atoms with Crippen molar-refractivity contribution in [3.05, 3.63) is 60.2 Å². The first-order valence-electron chi connectivity index (χ1n) is 9.05. The minimum absolute atomic E-state index is 0.182. The van der Waals surface area contributed by atoms with Crippen LogP contribution in [0.15, 0.2) is 49.1 Å². The summed E-state index contributed by atoms with van der Waals surface area (Å²) in [6.07, 6.45) is 10.4. The van der Waals surface area contributed by atoms with Crippen molar-refractivity contribution in [2.45, 2.75) is 32.4 Å². The molecule has 0 radical (unpaired) electrons. The van der Waals surface area contributed by atoms with Crippen LogP contribution < -0.4 is 0 Å². The maximum Gasteiger partial charge on any atom is 0.230 e. The number of piperidine rings is 1. The molecule has 2 saturated heterocycles. The van der Waals surface area contributed by atoms with Crippen molar-refractivity contribution in [2.75, 3.05) is 19.6 Å². The number of carbonyl (C=O) groups excluding carboxylic acids is 1. The number of pyridine rings is 2. The second kappa shape index (κ2) is 6.92. The van der Waals surface area contributed by atoms with Gasteiger partial charge in [0.15, 0.2) is 0 Å². The monoisotopic (exact) mass is 336 g/mol. The summed E-state index contributed by atoms with van der Waals surface area (Å²) in [7, 11) is 0. The number of hydrogen-bond donors (Lipinski definition) is 0. The Morgan fingerprint density at radius 1 is 0.880 bits per heavy atom. The topological polar surface area (TPSA) is 49.3 Å². The first kappa shape index (κ1) is 16.2. The lowest BCUT2D eigenvalue weighted by Crippen LogP contribution is -2.47. The van der Waals surface area contributed by atoms with Crippen molar-refractivity contribution >= 4 is 5.91 Å². The van der Waals surface area contributed by atoms with E-state index in [0.29, 0.717) is 12.5 Å². The molecule has 2 aromatic rings. The van der Waals surface area contributed by atoms with E-state index in [9.17, 15) is 4.79 Å². The van der Waals surface area contributed by atoms with Gasteiger partial charge in [-0.1, -0.05) is 0 Å². The molecule has 1 atom stereocenters. The van der Waals surface area contributed by atoms with E-state index in [0.717, 1.165) is 51.0 Å². The third-order valence-electron chi connectivity index (χ3n) is 5.54. The predicted molar refractivity (Wildman–Crippen MR) is 95.5 cm³/mol. The van der Waals surface area contributed by atoms with Gasteiger partial charge in [0.2, 0.25) is 5.91 Å². The number of amides is 1. The van der Waals surface area contributed by atoms with E-state index in [1.54, 1.807) is 12.4 Å². The fourth-order valence-electron chi connectivity index (χ4n) is 4.24. The molecular formula is C20H24N4O. The van der Waals surface area contributed by atoms with Gasteiger partial charge in [-0.15, -0.1) is 0 Å². The molecule has 0 saturated carbocycles. The van der Waals surface area contributed by atoms with Gasteiger partial charge in [-0.3, -0.25) is 19.7 Å². The van der Waals surface area contributed by atoms with Crippen molar-refractivity contribution in [3.8, 4) is 0 Å². The summed E-state index contributed by atoms with van der Waals surface area (Å²) >= 11 is 0. The van der Waals surface area contributed by atoms with Gasteiger partial charge in [-0.05, 0) is 61.2 Å². The first-order chi connectivity index (χ1) is 12.3. The maximum atomic E-state index is 13.2. The number of carbonyl (C=O) groups is 1. The van der Waals surface area contributed by atoms with Gasteiger partial charge >= 0.3 is 0 Å². The molecule has 0 unspecified atom stereocenters. The second-order valence-electron chi connectivity index (χ2n) is 7.28. The van der Waals surface area contributed by atoms with E-state index in [1.165, 1.54) is 5.56 Å². The summed E-state index contributed by atoms with van der Waals surface area (Å²) in [5.74, 6) is 0.337. The highest BCUT2D eigenvalue weighted by Crippen LogP contribution is 2.41. The van der Waals surface area contributed by atoms with Crippen molar-refractivity contribution < 1.29 is 4.79 Å². The van der Waals surface area contributed by atoms with Gasteiger partial charge in [0.1, 0.15) is 0 Å². The molecule has 2 aromatic heterocycles. The highest BCUT2D eigenvalue weighted by Gasteiger charge is 2.48. The van der Waals surface area contributed by atoms with E-state index in [4.69, 9.17) is 0 Å². The molecule has 0 N–H and O–H groups in total. The van der Waals surface area contributed by atoms with Crippen LogP contribution in [-0.2, 0) is 17.9 Å². The van der Waals surface area contributed by atoms with Crippen molar-refractivity contribution in [1.82, 2.24) is 19.8 Å². The van der Waals surface area contributed by atoms with E-state index < -0.39 is 0 Å². The Balaban J connectivity index is 1.43. The molecule has 5 heteroatoms. The lowest BCUT2D eigenvalue weighted by atomic mass is 9.78. The molecule has 0 aliphatic carbocycles. The van der Waals surface area contributed by atoms with E-state index in [-0.39, 0.29) is 5.41 Å². The average Bonchev–Trinajstić information content (AvgIpc) is 2.93. The fourth-order valence-corrected chi connectivity index (χ4v) is 4.24. The van der Waals surface area contributed by atoms with Crippen LogP contribution in [-0.4, -0.2) is 45.3 Å². The molecule has 0 aromatic carbocycles. The normalized spacial score (nSPS) is 24.2. The molecule has 4 rings (SSSR count). The molecule has 0 bridgehead atoms. The SMILES string of the molecule is O=C1N(Cc2ccncc2)CC[C@]12CCCN(Cc1ccncc1)C2. The Labute approximate surface area is 148 Å². The Kier molecular flexibility index (Phi) is 4.49. The summed E-state index contributed by atoms with van der Waals surface area (Å²) in [6, 6.07) is 8.12. The molecule has 130 valence electrons. The largest absolute Gasteiger partial charge is 0.338 e. The number of nitrogens with zero attached hydrogens (tertiary/aromatic N) is 4. The third kappa shape index (κ3) is 3.42. The van der Waals surface area contributed by atoms with Gasteiger partial charge in [0, 0.05) is 51.0 Å². The fraction of sp³-hybridized carbons (Fsp3) is 0.450. The Bertz CT molecular complexity index is 721. The van der Waals surface area contributed by atoms with Crippen LogP contribution in [0.2, 0.25) is 0 Å². The Hall–Kier alpha value is -2.27. The Morgan fingerprint density at radius 2 is 1.52 bits per heavy atom. The molecule has 25 heavy (non-hydrogen) atoms. The average molecular weight is 336 g/mol. The summed E-state index contributed by atoms with van der Waals surface area (Å²) in [5, 5.41) is 0. The van der Waals surface area contributed by atoms with Gasteiger partial charge in [-0.2, -0.15) is 0 Å². The van der Waals surface area contributed by atoms with Crippen molar-refractivity contribution in [2.24, 2.45) is 5.41 Å². The molecule has 4 heterocycles. The molecule has 2 aliphatic heterocycles. The minimum atomic E-state index is -0.182. The standard InChI is InChI=1S/C20H24N4O/c25-19-20(7-13-24(19)15-18-4-10-22-11-5-18)6-1-12-23(16-20)14-17-2-8-21-9-3-17/h2-5,8-11H,1,6-7,12-16H2/t20-/m0/s1. The molecule has 2 fully saturated rings. The number of aromatic nitrogens is 2. The lowest BCUT2D eigenvalue weighted by molar-refractivity contribution is -0.139. The minimum Gasteiger partial charge on any atom is -0.338 e. The first-order valence-corrected chi connectivity index (χ1v) is 9.05. The number of likely N-dealkylation sites (tertiary alicyclic amines) is 2. The van der Waals surface area contributed by atoms with E-state index >= 15 is 0 Å². The van der Waals surface area contributed by atoms with Crippen LogP contribution in [0, 0.1) is 5.41 Å². The Morgan fingerprint density at radius 3 is 2.20 bits per heavy atom. The quantitative estimate of drug-likeness (QED) is 0.861. The van der Waals surface area contributed by atoms with Crippen LogP contribution in [0.5, 0.6) is 0 Å². The predicted octanol–water partition coefficient (Wildman–Crippen LogP) is 2.49. The molecule has 1 amide bonds. The summed E-state index contributed by atoms with van der Waals surface area (Å²) < 4.78 is 0.